The molecule has 8 nitrogen and oxygen atoms in total. The van der Waals surface area contributed by atoms with Crippen molar-refractivity contribution >= 4 is 40.4 Å². The highest BCUT2D eigenvalue weighted by Crippen LogP contribution is 2.34. The Hall–Kier alpha value is -3.20. The number of fused-ring (bicyclic) bond motifs is 1. The second-order valence-corrected chi connectivity index (χ2v) is 8.07. The van der Waals surface area contributed by atoms with Gasteiger partial charge in [0.15, 0.2) is 5.82 Å². The predicted octanol–water partition coefficient (Wildman–Crippen LogP) is 2.74. The van der Waals surface area contributed by atoms with E-state index in [1.54, 1.807) is 26.0 Å². The second kappa shape index (κ2) is 6.94. The Labute approximate surface area is 177 Å². The van der Waals surface area contributed by atoms with Crippen molar-refractivity contribution in [3.05, 3.63) is 41.4 Å². The van der Waals surface area contributed by atoms with Crippen LogP contribution >= 0.6 is 11.6 Å². The first-order chi connectivity index (χ1) is 14.1. The number of hydrogen-bond acceptors (Lipinski definition) is 5. The van der Waals surface area contributed by atoms with E-state index in [2.05, 4.69) is 10.1 Å². The number of benzene rings is 1. The molecule has 156 valence electrons. The Morgan fingerprint density at radius 3 is 2.67 bits per heavy atom. The summed E-state index contributed by atoms with van der Waals surface area (Å²) < 4.78 is 16.1. The molecular formula is C20H20ClFN6O2. The molecule has 4 rings (SSSR count). The minimum absolute atomic E-state index is 0.181. The summed E-state index contributed by atoms with van der Waals surface area (Å²) in [6.45, 7) is 5.41. The summed E-state index contributed by atoms with van der Waals surface area (Å²) in [6, 6.07) is 5.94. The first kappa shape index (κ1) is 20.1. The molecule has 10 heteroatoms. The summed E-state index contributed by atoms with van der Waals surface area (Å²) in [7, 11) is 0. The number of amides is 2. The molecule has 0 aliphatic carbocycles. The molecule has 0 spiro atoms. The van der Waals surface area contributed by atoms with Gasteiger partial charge in [0.25, 0.3) is 5.91 Å². The van der Waals surface area contributed by atoms with E-state index >= 15 is 0 Å². The monoisotopic (exact) mass is 430 g/mol. The minimum Gasteiger partial charge on any atom is -0.382 e. The van der Waals surface area contributed by atoms with Crippen molar-refractivity contribution < 1.29 is 14.0 Å². The highest BCUT2D eigenvalue weighted by Gasteiger charge is 2.43. The van der Waals surface area contributed by atoms with E-state index in [4.69, 9.17) is 17.3 Å². The molecule has 0 bridgehead atoms. The van der Waals surface area contributed by atoms with Gasteiger partial charge in [-0.15, -0.1) is 0 Å². The third-order valence-electron chi connectivity index (χ3n) is 5.40. The van der Waals surface area contributed by atoms with E-state index < -0.39 is 11.4 Å². The molecule has 30 heavy (non-hydrogen) atoms. The third-order valence-corrected chi connectivity index (χ3v) is 5.68. The average Bonchev–Trinajstić information content (AvgIpc) is 3.01. The lowest BCUT2D eigenvalue weighted by molar-refractivity contribution is -0.145. The summed E-state index contributed by atoms with van der Waals surface area (Å²) in [5, 5.41) is 4.51. The topological polar surface area (TPSA) is 96.8 Å². The summed E-state index contributed by atoms with van der Waals surface area (Å²) in [5.41, 5.74) is 6.66. The lowest BCUT2D eigenvalue weighted by atomic mass is 9.96. The van der Waals surface area contributed by atoms with Crippen LogP contribution in [0.3, 0.4) is 0 Å². The minimum atomic E-state index is -1.04. The molecule has 3 aromatic rings. The van der Waals surface area contributed by atoms with Crippen molar-refractivity contribution in [3.8, 4) is 11.3 Å². The number of halogens is 2. The molecule has 1 fully saturated rings. The maximum Gasteiger partial charge on any atom is 0.252 e. The molecule has 1 aliphatic rings. The highest BCUT2D eigenvalue weighted by molar-refractivity contribution is 6.35. The van der Waals surface area contributed by atoms with Crippen LogP contribution in [-0.4, -0.2) is 49.9 Å². The SMILES string of the molecule is CC(=O)N1CCN(c2cc(F)cc(-c3cc(Cl)c4c(N)ncnn34)c2)C(=O)C1(C)C. The molecule has 0 unspecified atom stereocenters. The second-order valence-electron chi connectivity index (χ2n) is 7.67. The van der Waals surface area contributed by atoms with E-state index in [0.717, 1.165) is 0 Å². The number of hydrogen-bond donors (Lipinski definition) is 1. The summed E-state index contributed by atoms with van der Waals surface area (Å²) >= 11 is 6.29. The van der Waals surface area contributed by atoms with Gasteiger partial charge in [-0.25, -0.2) is 13.9 Å². The first-order valence-electron chi connectivity index (χ1n) is 9.30. The fourth-order valence-corrected chi connectivity index (χ4v) is 4.21. The quantitative estimate of drug-likeness (QED) is 0.674. The normalized spacial score (nSPS) is 16.4. The van der Waals surface area contributed by atoms with Gasteiger partial charge in [0, 0.05) is 31.3 Å². The fourth-order valence-electron chi connectivity index (χ4n) is 3.93. The van der Waals surface area contributed by atoms with E-state index in [-0.39, 0.29) is 24.2 Å². The largest absolute Gasteiger partial charge is 0.382 e. The van der Waals surface area contributed by atoms with Crippen molar-refractivity contribution in [3.63, 3.8) is 0 Å². The number of anilines is 2. The van der Waals surface area contributed by atoms with Gasteiger partial charge in [0.05, 0.1) is 10.7 Å². The smallest absolute Gasteiger partial charge is 0.252 e. The van der Waals surface area contributed by atoms with Gasteiger partial charge in [-0.3, -0.25) is 9.59 Å². The summed E-state index contributed by atoms with van der Waals surface area (Å²) in [4.78, 5) is 32.0. The van der Waals surface area contributed by atoms with Crippen molar-refractivity contribution in [1.82, 2.24) is 19.5 Å². The molecule has 2 amide bonds. The van der Waals surface area contributed by atoms with Crippen LogP contribution in [0, 0.1) is 5.82 Å². The lowest BCUT2D eigenvalue weighted by Gasteiger charge is -2.45. The van der Waals surface area contributed by atoms with Crippen molar-refractivity contribution in [1.29, 1.82) is 0 Å². The number of piperazine rings is 1. The standard InChI is InChI=1S/C20H20ClFN6O2/c1-11(29)27-5-4-26(19(30)20(27,2)3)14-7-12(6-13(22)8-14)16-9-15(21)17-18(23)24-10-25-28(16)17/h6-10H,4-5H2,1-3H3,(H2,23,24,25). The van der Waals surface area contributed by atoms with Crippen LogP contribution in [0.1, 0.15) is 20.8 Å². The zero-order valence-electron chi connectivity index (χ0n) is 16.7. The molecule has 0 atom stereocenters. The summed E-state index contributed by atoms with van der Waals surface area (Å²) in [5.74, 6) is -0.782. The Morgan fingerprint density at radius 1 is 1.23 bits per heavy atom. The predicted molar refractivity (Wildman–Crippen MR) is 112 cm³/mol. The highest BCUT2D eigenvalue weighted by atomic mass is 35.5. The van der Waals surface area contributed by atoms with Crippen LogP contribution in [0.4, 0.5) is 15.9 Å². The van der Waals surface area contributed by atoms with Crippen LogP contribution in [0.25, 0.3) is 16.8 Å². The van der Waals surface area contributed by atoms with Gasteiger partial charge in [0.2, 0.25) is 5.91 Å². The Kier molecular flexibility index (Phi) is 4.65. The summed E-state index contributed by atoms with van der Waals surface area (Å²) in [6.07, 6.45) is 1.29. The number of rotatable bonds is 2. The van der Waals surface area contributed by atoms with Crippen LogP contribution in [0.15, 0.2) is 30.6 Å². The zero-order valence-corrected chi connectivity index (χ0v) is 17.4. The number of aromatic nitrogens is 3. The molecule has 1 saturated heterocycles. The van der Waals surface area contributed by atoms with E-state index in [9.17, 15) is 14.0 Å². The number of nitrogen functional groups attached to an aromatic ring is 1. The molecule has 1 aromatic carbocycles. The first-order valence-corrected chi connectivity index (χ1v) is 9.68. The van der Waals surface area contributed by atoms with Gasteiger partial charge in [0.1, 0.15) is 23.2 Å². The third kappa shape index (κ3) is 3.06. The average molecular weight is 431 g/mol. The van der Waals surface area contributed by atoms with E-state index in [1.807, 2.05) is 0 Å². The van der Waals surface area contributed by atoms with Gasteiger partial charge >= 0.3 is 0 Å². The Bertz CT molecular complexity index is 1190. The van der Waals surface area contributed by atoms with Gasteiger partial charge in [-0.1, -0.05) is 11.6 Å². The Morgan fingerprint density at radius 2 is 1.97 bits per heavy atom. The van der Waals surface area contributed by atoms with E-state index in [1.165, 1.54) is 39.7 Å². The molecule has 2 N–H and O–H groups in total. The van der Waals surface area contributed by atoms with Crippen LogP contribution < -0.4 is 10.6 Å². The maximum atomic E-state index is 14.6. The molecule has 2 aromatic heterocycles. The molecule has 1 aliphatic heterocycles. The van der Waals surface area contributed by atoms with Gasteiger partial charge in [-0.05, 0) is 38.1 Å². The number of carbonyl (C=O) groups is 2. The van der Waals surface area contributed by atoms with Crippen LogP contribution in [0.5, 0.6) is 0 Å². The van der Waals surface area contributed by atoms with Gasteiger partial charge in [-0.2, -0.15) is 5.10 Å². The number of nitrogens with zero attached hydrogens (tertiary/aromatic N) is 5. The van der Waals surface area contributed by atoms with Crippen molar-refractivity contribution in [2.45, 2.75) is 26.3 Å². The molecule has 0 radical (unpaired) electrons. The van der Waals surface area contributed by atoms with Gasteiger partial charge < -0.3 is 15.5 Å². The van der Waals surface area contributed by atoms with Crippen molar-refractivity contribution in [2.75, 3.05) is 23.7 Å². The lowest BCUT2D eigenvalue weighted by Crippen LogP contribution is -2.64. The fraction of sp³-hybridized carbons (Fsp3) is 0.300. The zero-order chi connectivity index (χ0) is 21.8. The molecular weight excluding hydrogens is 411 g/mol. The maximum absolute atomic E-state index is 14.6. The van der Waals surface area contributed by atoms with Crippen LogP contribution in [0.2, 0.25) is 5.02 Å². The molecule has 3 heterocycles. The molecule has 0 saturated carbocycles. The van der Waals surface area contributed by atoms with Crippen LogP contribution in [-0.2, 0) is 9.59 Å². The number of nitrogens with two attached hydrogens (primary N) is 1. The number of carbonyl (C=O) groups excluding carboxylic acids is 2. The van der Waals surface area contributed by atoms with E-state index in [0.29, 0.717) is 34.0 Å². The Balaban J connectivity index is 1.80. The van der Waals surface area contributed by atoms with Crippen molar-refractivity contribution in [2.24, 2.45) is 0 Å².